The lowest BCUT2D eigenvalue weighted by Crippen LogP contribution is -2.41. The predicted octanol–water partition coefficient (Wildman–Crippen LogP) is 0.458. The number of carbonyl (C=O) groups excluding carboxylic acids is 1. The van der Waals surface area contributed by atoms with Crippen LogP contribution in [0.25, 0.3) is 11.3 Å². The van der Waals surface area contributed by atoms with E-state index in [1.165, 1.54) is 12.4 Å². The summed E-state index contributed by atoms with van der Waals surface area (Å²) in [5.41, 5.74) is 1.90. The molecule has 0 bridgehead atoms. The quantitative estimate of drug-likeness (QED) is 0.384. The predicted molar refractivity (Wildman–Crippen MR) is 83.3 cm³/mol. The van der Waals surface area contributed by atoms with Crippen LogP contribution in [0, 0.1) is 5.41 Å². The molecule has 0 saturated carbocycles. The Morgan fingerprint density at radius 3 is 2.65 bits per heavy atom. The summed E-state index contributed by atoms with van der Waals surface area (Å²) in [5, 5.41) is 16.8. The Bertz CT molecular complexity index is 736. The molecule has 23 heavy (non-hydrogen) atoms. The van der Waals surface area contributed by atoms with E-state index < -0.39 is 22.0 Å². The maximum atomic E-state index is 11.7. The van der Waals surface area contributed by atoms with Crippen LogP contribution in [0.2, 0.25) is 0 Å². The molecule has 0 aliphatic carbocycles. The van der Waals surface area contributed by atoms with Crippen molar-refractivity contribution in [2.75, 3.05) is 5.75 Å². The lowest BCUT2D eigenvalue weighted by atomic mass is 9.88. The van der Waals surface area contributed by atoms with Gasteiger partial charge in [0.1, 0.15) is 16.4 Å². The van der Waals surface area contributed by atoms with Gasteiger partial charge in [0, 0.05) is 12.1 Å². The van der Waals surface area contributed by atoms with Crippen LogP contribution in [-0.2, 0) is 22.0 Å². The highest BCUT2D eigenvalue weighted by atomic mass is 32.2. The third kappa shape index (κ3) is 4.36. The van der Waals surface area contributed by atoms with Crippen LogP contribution < -0.4 is 5.48 Å². The molecule has 0 aliphatic heterocycles. The second-order valence-corrected chi connectivity index (χ2v) is 6.46. The van der Waals surface area contributed by atoms with Crippen molar-refractivity contribution in [3.05, 3.63) is 36.5 Å². The van der Waals surface area contributed by atoms with Gasteiger partial charge in [0.15, 0.2) is 0 Å². The van der Waals surface area contributed by atoms with Crippen molar-refractivity contribution in [1.29, 1.82) is 0 Å². The van der Waals surface area contributed by atoms with Crippen LogP contribution in [0.1, 0.15) is 13.3 Å². The Hall–Kier alpha value is -2.26. The molecule has 1 amide bonds. The summed E-state index contributed by atoms with van der Waals surface area (Å²) >= 11 is 0. The van der Waals surface area contributed by atoms with Gasteiger partial charge in [-0.15, -0.1) is 5.10 Å². The van der Waals surface area contributed by atoms with Crippen molar-refractivity contribution < 1.29 is 18.4 Å². The van der Waals surface area contributed by atoms with Gasteiger partial charge in [-0.05, 0) is 13.3 Å². The van der Waals surface area contributed by atoms with Gasteiger partial charge in [0.05, 0.1) is 17.4 Å². The van der Waals surface area contributed by atoms with E-state index in [-0.39, 0.29) is 12.2 Å². The highest BCUT2D eigenvalue weighted by Crippen LogP contribution is 2.23. The van der Waals surface area contributed by atoms with E-state index in [2.05, 4.69) is 10.3 Å². The molecule has 0 unspecified atom stereocenters. The number of nitrogens with zero attached hydrogens (tertiary/aromatic N) is 3. The molecule has 9 heteroatoms. The van der Waals surface area contributed by atoms with Gasteiger partial charge < -0.3 is 0 Å². The number of benzene rings is 1. The second-order valence-electron chi connectivity index (χ2n) is 5.48. The van der Waals surface area contributed by atoms with Crippen LogP contribution in [0.15, 0.2) is 36.5 Å². The molecular formula is C14H18N4O4S. The van der Waals surface area contributed by atoms with Gasteiger partial charge in [0.2, 0.25) is 5.91 Å². The van der Waals surface area contributed by atoms with Crippen molar-refractivity contribution in [3.63, 3.8) is 0 Å². The first kappa shape index (κ1) is 17.1. The number of aromatic nitrogens is 3. The molecule has 0 aliphatic rings. The molecule has 0 saturated heterocycles. The minimum Gasteiger partial charge on any atom is -0.289 e. The van der Waals surface area contributed by atoms with E-state index in [4.69, 9.17) is 5.21 Å². The first-order chi connectivity index (χ1) is 10.9. The summed E-state index contributed by atoms with van der Waals surface area (Å²) in [6, 6.07) is 9.49. The molecule has 2 N–H and O–H groups in total. The smallest absolute Gasteiger partial charge is 0.250 e. The Morgan fingerprint density at radius 2 is 2.04 bits per heavy atom. The zero-order valence-corrected chi connectivity index (χ0v) is 13.4. The molecule has 0 spiro atoms. The molecule has 2 rings (SSSR count). The third-order valence-electron chi connectivity index (χ3n) is 3.63. The Kier molecular flexibility index (Phi) is 5.45. The summed E-state index contributed by atoms with van der Waals surface area (Å²) in [6.45, 7) is 1.78. The summed E-state index contributed by atoms with van der Waals surface area (Å²) in [7, 11) is -2.76. The first-order valence-corrected chi connectivity index (χ1v) is 8.33. The number of hydroxylamine groups is 1. The largest absolute Gasteiger partial charge is 0.289 e. The van der Waals surface area contributed by atoms with Crippen LogP contribution in [-0.4, -0.2) is 40.3 Å². The molecular weight excluding hydrogens is 320 g/mol. The van der Waals surface area contributed by atoms with Crippen LogP contribution in [0.5, 0.6) is 0 Å². The molecule has 2 aromatic rings. The van der Waals surface area contributed by atoms with Gasteiger partial charge in [0.25, 0.3) is 0 Å². The van der Waals surface area contributed by atoms with E-state index >= 15 is 0 Å². The van der Waals surface area contributed by atoms with Crippen molar-refractivity contribution in [1.82, 2.24) is 20.5 Å². The van der Waals surface area contributed by atoms with Crippen LogP contribution in [0.3, 0.4) is 0 Å². The monoisotopic (exact) mass is 338 g/mol. The lowest BCUT2D eigenvalue weighted by Gasteiger charge is -2.24. The summed E-state index contributed by atoms with van der Waals surface area (Å²) in [5.74, 6) is -1.09. The van der Waals surface area contributed by atoms with Crippen LogP contribution in [0.4, 0.5) is 0 Å². The van der Waals surface area contributed by atoms with E-state index in [1.54, 1.807) is 10.9 Å². The molecule has 1 heterocycles. The summed E-state index contributed by atoms with van der Waals surface area (Å²) in [4.78, 5) is 11.7. The number of nitrogens with one attached hydrogen (secondary N) is 1. The fourth-order valence-corrected chi connectivity index (χ4v) is 3.07. The Labute approximate surface area is 135 Å². The van der Waals surface area contributed by atoms with Gasteiger partial charge in [-0.3, -0.25) is 14.7 Å². The minimum absolute atomic E-state index is 0.195. The number of carbonyl (C=O) groups is 1. The second kappa shape index (κ2) is 7.34. The number of rotatable bonds is 7. The number of thiol groups is 1. The molecule has 0 fully saturated rings. The van der Waals surface area contributed by atoms with Crippen molar-refractivity contribution in [3.8, 4) is 11.3 Å². The molecule has 0 radical (unpaired) electrons. The molecule has 1 aromatic heterocycles. The SMILES string of the molecule is C[C@](CCn1cc(-c2ccccc2)nn1)(C[SH](=O)=O)C(=O)NO. The van der Waals surface area contributed by atoms with Crippen LogP contribution >= 0.6 is 0 Å². The van der Waals surface area contributed by atoms with E-state index in [0.29, 0.717) is 12.2 Å². The van der Waals surface area contributed by atoms with Crippen molar-refractivity contribution in [2.24, 2.45) is 5.41 Å². The molecule has 124 valence electrons. The number of amides is 1. The molecule has 1 aromatic carbocycles. The van der Waals surface area contributed by atoms with Crippen molar-refractivity contribution in [2.45, 2.75) is 19.9 Å². The van der Waals surface area contributed by atoms with E-state index in [9.17, 15) is 13.2 Å². The van der Waals surface area contributed by atoms with Gasteiger partial charge in [-0.25, -0.2) is 13.9 Å². The summed E-state index contributed by atoms with van der Waals surface area (Å²) in [6.07, 6.45) is 1.92. The molecule has 8 nitrogen and oxygen atoms in total. The zero-order valence-electron chi connectivity index (χ0n) is 12.5. The van der Waals surface area contributed by atoms with Gasteiger partial charge in [-0.2, -0.15) is 0 Å². The fraction of sp³-hybridized carbons (Fsp3) is 0.357. The number of hydrogen-bond acceptors (Lipinski definition) is 6. The maximum Gasteiger partial charge on any atom is 0.250 e. The average Bonchev–Trinajstić information content (AvgIpc) is 3.01. The highest BCUT2D eigenvalue weighted by molar-refractivity contribution is 7.72. The van der Waals surface area contributed by atoms with E-state index in [0.717, 1.165) is 5.56 Å². The van der Waals surface area contributed by atoms with Gasteiger partial charge in [-0.1, -0.05) is 35.5 Å². The summed E-state index contributed by atoms with van der Waals surface area (Å²) < 4.78 is 23.5. The zero-order chi connectivity index (χ0) is 16.9. The molecule has 1 atom stereocenters. The number of hydrogen-bond donors (Lipinski definition) is 3. The Morgan fingerprint density at radius 1 is 1.35 bits per heavy atom. The standard InChI is InChI=1S/C14H18N4O4S/c1-14(10-23(21)22,13(19)16-20)7-8-18-9-12(15-17-18)11-5-3-2-4-6-11/h2-6,9,20,23H,7-8,10H2,1H3,(H,16,19)/t14-/m0/s1. The minimum atomic E-state index is -2.76. The normalized spacial score (nSPS) is 13.7. The fourth-order valence-electron chi connectivity index (χ4n) is 2.19. The highest BCUT2D eigenvalue weighted by Gasteiger charge is 2.34. The lowest BCUT2D eigenvalue weighted by molar-refractivity contribution is -0.138. The average molecular weight is 338 g/mol. The maximum absolute atomic E-state index is 11.7. The first-order valence-electron chi connectivity index (χ1n) is 6.96. The van der Waals surface area contributed by atoms with Gasteiger partial charge >= 0.3 is 0 Å². The Balaban J connectivity index is 2.10. The van der Waals surface area contributed by atoms with Crippen molar-refractivity contribution >= 4 is 16.6 Å². The van der Waals surface area contributed by atoms with E-state index in [1.807, 2.05) is 30.3 Å². The topological polar surface area (TPSA) is 114 Å². The third-order valence-corrected chi connectivity index (χ3v) is 4.58. The number of aryl methyl sites for hydroxylation is 1.